The van der Waals surface area contributed by atoms with E-state index in [9.17, 15) is 19.5 Å². The number of anilines is 1. The van der Waals surface area contributed by atoms with Gasteiger partial charge in [0.15, 0.2) is 5.78 Å². The van der Waals surface area contributed by atoms with Crippen LogP contribution >= 0.6 is 0 Å². The number of piperidine rings is 1. The topological polar surface area (TPSA) is 77.9 Å². The van der Waals surface area contributed by atoms with Gasteiger partial charge in [-0.3, -0.25) is 9.59 Å². The number of amides is 3. The van der Waals surface area contributed by atoms with Gasteiger partial charge in [0.2, 0.25) is 0 Å². The molecule has 21 heavy (non-hydrogen) atoms. The highest BCUT2D eigenvalue weighted by Crippen LogP contribution is 2.31. The summed E-state index contributed by atoms with van der Waals surface area (Å²) in [4.78, 5) is 38.6. The van der Waals surface area contributed by atoms with Crippen molar-refractivity contribution in [3.05, 3.63) is 29.8 Å². The van der Waals surface area contributed by atoms with Crippen molar-refractivity contribution in [1.29, 1.82) is 0 Å². The number of hydrogen-bond acceptors (Lipinski definition) is 4. The van der Waals surface area contributed by atoms with E-state index >= 15 is 0 Å². The van der Waals surface area contributed by atoms with Gasteiger partial charge in [-0.2, -0.15) is 0 Å². The summed E-state index contributed by atoms with van der Waals surface area (Å²) in [5, 5.41) is 9.96. The van der Waals surface area contributed by atoms with Crippen LogP contribution in [0, 0.1) is 0 Å². The maximum atomic E-state index is 12.4. The van der Waals surface area contributed by atoms with Crippen molar-refractivity contribution in [2.45, 2.75) is 31.9 Å². The third-order valence-electron chi connectivity index (χ3n) is 4.04. The highest BCUT2D eigenvalue weighted by atomic mass is 16.3. The number of ketones is 1. The molecule has 1 aromatic carbocycles. The van der Waals surface area contributed by atoms with E-state index in [4.69, 9.17) is 0 Å². The molecule has 0 unspecified atom stereocenters. The largest absolute Gasteiger partial charge is 0.390 e. The summed E-state index contributed by atoms with van der Waals surface area (Å²) >= 11 is 0. The summed E-state index contributed by atoms with van der Waals surface area (Å²) in [5.74, 6) is -0.476. The van der Waals surface area contributed by atoms with Crippen LogP contribution in [0.1, 0.15) is 30.1 Å². The summed E-state index contributed by atoms with van der Waals surface area (Å²) in [5.41, 5.74) is 0.951. The SMILES string of the molecule is CC(=O)c1ccc(N2C(=O)[C@@H]3[C@@H](O)CCCN3C2=O)cc1. The van der Waals surface area contributed by atoms with Crippen LogP contribution in [0.3, 0.4) is 0 Å². The predicted octanol–water partition coefficient (Wildman–Crippen LogP) is 1.18. The Labute approximate surface area is 122 Å². The summed E-state index contributed by atoms with van der Waals surface area (Å²) in [6, 6.07) is 5.16. The number of carbonyl (C=O) groups excluding carboxylic acids is 3. The van der Waals surface area contributed by atoms with Crippen LogP contribution in [-0.4, -0.2) is 46.4 Å². The van der Waals surface area contributed by atoms with E-state index in [0.717, 1.165) is 4.90 Å². The van der Waals surface area contributed by atoms with E-state index in [1.807, 2.05) is 0 Å². The fraction of sp³-hybridized carbons (Fsp3) is 0.400. The molecule has 110 valence electrons. The zero-order chi connectivity index (χ0) is 15.1. The van der Waals surface area contributed by atoms with Gasteiger partial charge >= 0.3 is 6.03 Å². The summed E-state index contributed by atoms with van der Waals surface area (Å²) < 4.78 is 0. The minimum atomic E-state index is -0.809. The second kappa shape index (κ2) is 4.96. The number of hydrogen-bond donors (Lipinski definition) is 1. The maximum Gasteiger partial charge on any atom is 0.332 e. The van der Waals surface area contributed by atoms with Crippen molar-refractivity contribution in [2.24, 2.45) is 0 Å². The number of carbonyl (C=O) groups is 3. The van der Waals surface area contributed by atoms with Crippen molar-refractivity contribution < 1.29 is 19.5 Å². The molecule has 1 aromatic rings. The quantitative estimate of drug-likeness (QED) is 0.655. The first-order valence-corrected chi connectivity index (χ1v) is 6.94. The van der Waals surface area contributed by atoms with E-state index < -0.39 is 24.1 Å². The third-order valence-corrected chi connectivity index (χ3v) is 4.04. The number of aliphatic hydroxyl groups excluding tert-OH is 1. The Morgan fingerprint density at radius 2 is 1.90 bits per heavy atom. The number of urea groups is 1. The number of fused-ring (bicyclic) bond motifs is 1. The van der Waals surface area contributed by atoms with E-state index in [0.29, 0.717) is 30.6 Å². The van der Waals surface area contributed by atoms with Gasteiger partial charge in [-0.05, 0) is 44.0 Å². The number of imide groups is 1. The van der Waals surface area contributed by atoms with Crippen molar-refractivity contribution in [3.8, 4) is 0 Å². The van der Waals surface area contributed by atoms with E-state index in [-0.39, 0.29) is 5.78 Å². The zero-order valence-electron chi connectivity index (χ0n) is 11.7. The van der Waals surface area contributed by atoms with E-state index in [2.05, 4.69) is 0 Å². The zero-order valence-corrected chi connectivity index (χ0v) is 11.7. The highest BCUT2D eigenvalue weighted by Gasteiger charge is 2.50. The molecule has 0 radical (unpaired) electrons. The van der Waals surface area contributed by atoms with Crippen LogP contribution in [0.5, 0.6) is 0 Å². The van der Waals surface area contributed by atoms with Crippen molar-refractivity contribution in [2.75, 3.05) is 11.4 Å². The van der Waals surface area contributed by atoms with Crippen LogP contribution in [0.15, 0.2) is 24.3 Å². The van der Waals surface area contributed by atoms with Gasteiger partial charge in [0.05, 0.1) is 11.8 Å². The Balaban J connectivity index is 1.93. The predicted molar refractivity (Wildman–Crippen MR) is 75.1 cm³/mol. The molecule has 2 aliphatic heterocycles. The third kappa shape index (κ3) is 2.12. The fourth-order valence-corrected chi connectivity index (χ4v) is 2.93. The molecule has 2 aliphatic rings. The number of benzene rings is 1. The van der Waals surface area contributed by atoms with Crippen LogP contribution in [0.25, 0.3) is 0 Å². The summed E-state index contributed by atoms with van der Waals surface area (Å²) in [6.45, 7) is 1.94. The van der Waals surface area contributed by atoms with Crippen LogP contribution in [0.4, 0.5) is 10.5 Å². The lowest BCUT2D eigenvalue weighted by Gasteiger charge is -2.30. The molecule has 0 saturated carbocycles. The number of aliphatic hydroxyl groups is 1. The van der Waals surface area contributed by atoms with Crippen LogP contribution in [-0.2, 0) is 4.79 Å². The van der Waals surface area contributed by atoms with Gasteiger partial charge < -0.3 is 10.0 Å². The molecule has 1 N–H and O–H groups in total. The van der Waals surface area contributed by atoms with Gasteiger partial charge in [0.25, 0.3) is 5.91 Å². The maximum absolute atomic E-state index is 12.4. The normalized spacial score (nSPS) is 25.2. The standard InChI is InChI=1S/C15H16N2O4/c1-9(18)10-4-6-11(7-5-10)17-14(20)13-12(19)3-2-8-16(13)15(17)21/h4-7,12-13,19H,2-3,8H2,1H3/t12-,13-/m0/s1. The van der Waals surface area contributed by atoms with Gasteiger partial charge in [-0.15, -0.1) is 0 Å². The number of nitrogens with zero attached hydrogens (tertiary/aromatic N) is 2. The molecule has 2 saturated heterocycles. The molecule has 2 fully saturated rings. The van der Waals surface area contributed by atoms with Crippen molar-refractivity contribution >= 4 is 23.4 Å². The van der Waals surface area contributed by atoms with E-state index in [1.54, 1.807) is 24.3 Å². The Morgan fingerprint density at radius 3 is 2.48 bits per heavy atom. The Bertz CT molecular complexity index is 611. The van der Waals surface area contributed by atoms with Gasteiger partial charge in [0, 0.05) is 12.1 Å². The molecule has 2 atom stereocenters. The lowest BCUT2D eigenvalue weighted by molar-refractivity contribution is -0.124. The number of Topliss-reactive ketones (excluding diaryl/α,β-unsaturated/α-hetero) is 1. The second-order valence-corrected chi connectivity index (χ2v) is 5.41. The first kappa shape index (κ1) is 13.8. The molecule has 0 aromatic heterocycles. The molecule has 0 bridgehead atoms. The molecule has 3 rings (SSSR count). The lowest BCUT2D eigenvalue weighted by atomic mass is 10.00. The minimum absolute atomic E-state index is 0.0755. The average molecular weight is 288 g/mol. The highest BCUT2D eigenvalue weighted by molar-refractivity contribution is 6.21. The van der Waals surface area contributed by atoms with E-state index in [1.165, 1.54) is 11.8 Å². The first-order chi connectivity index (χ1) is 10.0. The monoisotopic (exact) mass is 288 g/mol. The average Bonchev–Trinajstić information content (AvgIpc) is 2.72. The first-order valence-electron chi connectivity index (χ1n) is 6.94. The second-order valence-electron chi connectivity index (χ2n) is 5.41. The Kier molecular flexibility index (Phi) is 3.25. The van der Waals surface area contributed by atoms with Gasteiger partial charge in [-0.25, -0.2) is 9.69 Å². The minimum Gasteiger partial charge on any atom is -0.390 e. The van der Waals surface area contributed by atoms with Crippen molar-refractivity contribution in [3.63, 3.8) is 0 Å². The molecule has 3 amide bonds. The Hall–Kier alpha value is -2.21. The fourth-order valence-electron chi connectivity index (χ4n) is 2.93. The van der Waals surface area contributed by atoms with Crippen LogP contribution < -0.4 is 4.90 Å². The number of rotatable bonds is 2. The molecule has 6 heteroatoms. The molecular formula is C15H16N2O4. The Morgan fingerprint density at radius 1 is 1.24 bits per heavy atom. The molecule has 6 nitrogen and oxygen atoms in total. The summed E-state index contributed by atoms with van der Waals surface area (Å²) in [7, 11) is 0. The van der Waals surface area contributed by atoms with Crippen molar-refractivity contribution in [1.82, 2.24) is 4.90 Å². The molecule has 0 aliphatic carbocycles. The molecule has 0 spiro atoms. The smallest absolute Gasteiger partial charge is 0.332 e. The van der Waals surface area contributed by atoms with Gasteiger partial charge in [0.1, 0.15) is 6.04 Å². The van der Waals surface area contributed by atoms with Crippen LogP contribution in [0.2, 0.25) is 0 Å². The van der Waals surface area contributed by atoms with Gasteiger partial charge in [-0.1, -0.05) is 0 Å². The summed E-state index contributed by atoms with van der Waals surface area (Å²) in [6.07, 6.45) is 0.405. The molecule has 2 heterocycles. The lowest BCUT2D eigenvalue weighted by Crippen LogP contribution is -2.48. The molecular weight excluding hydrogens is 272 g/mol.